The molecular formula is C22H29BrO4. The van der Waals surface area contributed by atoms with E-state index in [9.17, 15) is 15.0 Å². The predicted molar refractivity (Wildman–Crippen MR) is 110 cm³/mol. The number of aliphatic carboxylic acids is 1. The highest BCUT2D eigenvalue weighted by Gasteiger charge is 2.46. The summed E-state index contributed by atoms with van der Waals surface area (Å²) in [6.45, 7) is 8.04. The summed E-state index contributed by atoms with van der Waals surface area (Å²) in [6, 6.07) is 3.50. The van der Waals surface area contributed by atoms with Crippen molar-refractivity contribution in [1.29, 1.82) is 0 Å². The van der Waals surface area contributed by atoms with E-state index in [-0.39, 0.29) is 17.3 Å². The average Bonchev–Trinajstić information content (AvgIpc) is 2.57. The molecule has 2 N–H and O–H groups in total. The highest BCUT2D eigenvalue weighted by molar-refractivity contribution is 9.09. The maximum absolute atomic E-state index is 12.1. The second-order valence-corrected chi connectivity index (χ2v) is 9.54. The third-order valence-corrected chi connectivity index (χ3v) is 6.99. The van der Waals surface area contributed by atoms with Crippen molar-refractivity contribution in [2.24, 2.45) is 5.92 Å². The number of halogens is 1. The standard InChI is InChI=1S/C22H29BrO4/c1-13-6-7-16-15(10-13)19-17(24)11-14(12-18(19)27-21(16,2)3)22(4,20(25)26)8-5-9-23/h6,11-12,15-16,24H,5,7-10H2,1-4H3,(H,25,26)/t15-,16-,22?/m1/s1. The summed E-state index contributed by atoms with van der Waals surface area (Å²) < 4.78 is 6.33. The summed E-state index contributed by atoms with van der Waals surface area (Å²) in [5.41, 5.74) is 1.34. The fourth-order valence-electron chi connectivity index (χ4n) is 4.68. The van der Waals surface area contributed by atoms with Crippen LogP contribution in [-0.2, 0) is 10.2 Å². The van der Waals surface area contributed by atoms with Gasteiger partial charge in [0.1, 0.15) is 17.1 Å². The minimum absolute atomic E-state index is 0.161. The van der Waals surface area contributed by atoms with Crippen LogP contribution in [0.4, 0.5) is 0 Å². The molecule has 5 heteroatoms. The van der Waals surface area contributed by atoms with E-state index in [1.54, 1.807) is 13.0 Å². The van der Waals surface area contributed by atoms with E-state index in [0.29, 0.717) is 23.7 Å². The Morgan fingerprint density at radius 1 is 1.41 bits per heavy atom. The summed E-state index contributed by atoms with van der Waals surface area (Å²) in [7, 11) is 0. The number of carboxylic acid groups (broad SMARTS) is 1. The largest absolute Gasteiger partial charge is 0.508 e. The summed E-state index contributed by atoms with van der Waals surface area (Å²) in [4.78, 5) is 12.1. The molecule has 3 rings (SSSR count). The molecule has 0 amide bonds. The molecule has 27 heavy (non-hydrogen) atoms. The van der Waals surface area contributed by atoms with Gasteiger partial charge in [-0.05, 0) is 71.1 Å². The van der Waals surface area contributed by atoms with Gasteiger partial charge in [0, 0.05) is 22.7 Å². The number of fused-ring (bicyclic) bond motifs is 3. The van der Waals surface area contributed by atoms with E-state index in [4.69, 9.17) is 4.74 Å². The molecule has 2 aliphatic rings. The van der Waals surface area contributed by atoms with Crippen molar-refractivity contribution >= 4 is 21.9 Å². The van der Waals surface area contributed by atoms with Gasteiger partial charge in [-0.15, -0.1) is 0 Å². The quantitative estimate of drug-likeness (QED) is 0.470. The van der Waals surface area contributed by atoms with Gasteiger partial charge in [-0.1, -0.05) is 27.6 Å². The van der Waals surface area contributed by atoms with E-state index in [1.165, 1.54) is 5.57 Å². The Bertz CT molecular complexity index is 783. The number of alkyl halides is 1. The smallest absolute Gasteiger partial charge is 0.313 e. The van der Waals surface area contributed by atoms with Crippen LogP contribution in [0.1, 0.15) is 70.4 Å². The van der Waals surface area contributed by atoms with Crippen molar-refractivity contribution in [1.82, 2.24) is 0 Å². The first-order chi connectivity index (χ1) is 12.6. The van der Waals surface area contributed by atoms with Gasteiger partial charge in [-0.25, -0.2) is 0 Å². The number of phenolic OH excluding ortho intramolecular Hbond substituents is 1. The van der Waals surface area contributed by atoms with E-state index < -0.39 is 11.4 Å². The first-order valence-electron chi connectivity index (χ1n) is 9.61. The second-order valence-electron chi connectivity index (χ2n) is 8.75. The molecule has 4 nitrogen and oxygen atoms in total. The molecule has 1 aliphatic carbocycles. The zero-order valence-electron chi connectivity index (χ0n) is 16.5. The highest BCUT2D eigenvalue weighted by Crippen LogP contribution is 2.55. The molecule has 0 bridgehead atoms. The Hall–Kier alpha value is -1.49. The zero-order valence-corrected chi connectivity index (χ0v) is 18.1. The van der Waals surface area contributed by atoms with Crippen LogP contribution in [0.3, 0.4) is 0 Å². The Kier molecular flexibility index (Phi) is 5.37. The molecule has 0 saturated heterocycles. The molecule has 1 aliphatic heterocycles. The van der Waals surface area contributed by atoms with Crippen molar-refractivity contribution in [2.45, 2.75) is 70.3 Å². The average molecular weight is 437 g/mol. The van der Waals surface area contributed by atoms with Gasteiger partial charge in [-0.2, -0.15) is 0 Å². The van der Waals surface area contributed by atoms with Crippen molar-refractivity contribution < 1.29 is 19.7 Å². The number of phenols is 1. The van der Waals surface area contributed by atoms with Gasteiger partial charge in [0.15, 0.2) is 0 Å². The Labute approximate surface area is 169 Å². The van der Waals surface area contributed by atoms with Gasteiger partial charge in [-0.3, -0.25) is 4.79 Å². The van der Waals surface area contributed by atoms with Crippen LogP contribution in [-0.4, -0.2) is 27.1 Å². The van der Waals surface area contributed by atoms with Crippen molar-refractivity contribution in [3.63, 3.8) is 0 Å². The number of carbonyl (C=O) groups is 1. The lowest BCUT2D eigenvalue weighted by molar-refractivity contribution is -0.143. The van der Waals surface area contributed by atoms with Gasteiger partial charge in [0.2, 0.25) is 0 Å². The van der Waals surface area contributed by atoms with Gasteiger partial charge >= 0.3 is 5.97 Å². The molecule has 1 aromatic rings. The minimum Gasteiger partial charge on any atom is -0.508 e. The first-order valence-corrected chi connectivity index (χ1v) is 10.7. The molecule has 0 saturated carbocycles. The monoisotopic (exact) mass is 436 g/mol. The number of ether oxygens (including phenoxy) is 1. The molecule has 148 valence electrons. The molecular weight excluding hydrogens is 408 g/mol. The molecule has 0 fully saturated rings. The fourth-order valence-corrected chi connectivity index (χ4v) is 4.96. The Morgan fingerprint density at radius 3 is 2.74 bits per heavy atom. The number of rotatable bonds is 5. The summed E-state index contributed by atoms with van der Waals surface area (Å²) in [5.74, 6) is 0.407. The summed E-state index contributed by atoms with van der Waals surface area (Å²) in [6.07, 6.45) is 5.33. The maximum atomic E-state index is 12.1. The van der Waals surface area contributed by atoms with Gasteiger partial charge < -0.3 is 14.9 Å². The van der Waals surface area contributed by atoms with Gasteiger partial charge in [0.25, 0.3) is 0 Å². The van der Waals surface area contributed by atoms with Gasteiger partial charge in [0.05, 0.1) is 5.41 Å². The SMILES string of the molecule is CC1=CC[C@@H]2[C@@H](C1)c1c(O)cc(C(C)(CCCBr)C(=O)O)cc1OC2(C)C. The van der Waals surface area contributed by atoms with Crippen LogP contribution < -0.4 is 4.74 Å². The number of aromatic hydroxyl groups is 1. The topological polar surface area (TPSA) is 66.8 Å². The molecule has 1 aromatic carbocycles. The van der Waals surface area contributed by atoms with Crippen molar-refractivity contribution in [3.8, 4) is 11.5 Å². The highest BCUT2D eigenvalue weighted by atomic mass is 79.9. The van der Waals surface area contributed by atoms with E-state index in [2.05, 4.69) is 42.8 Å². The van der Waals surface area contributed by atoms with Crippen LogP contribution >= 0.6 is 15.9 Å². The normalized spacial score (nSPS) is 25.4. The predicted octanol–water partition coefficient (Wildman–Crippen LogP) is 5.52. The molecule has 1 heterocycles. The molecule has 0 aromatic heterocycles. The van der Waals surface area contributed by atoms with Crippen molar-refractivity contribution in [3.05, 3.63) is 34.9 Å². The maximum Gasteiger partial charge on any atom is 0.313 e. The third-order valence-electron chi connectivity index (χ3n) is 6.42. The Morgan fingerprint density at radius 2 is 2.11 bits per heavy atom. The Balaban J connectivity index is 2.11. The number of carboxylic acids is 1. The zero-order chi connectivity index (χ0) is 20.0. The number of benzene rings is 1. The molecule has 0 radical (unpaired) electrons. The first kappa shape index (κ1) is 20.2. The minimum atomic E-state index is -1.06. The summed E-state index contributed by atoms with van der Waals surface area (Å²) in [5, 5.41) is 21.5. The lowest BCUT2D eigenvalue weighted by Crippen LogP contribution is -2.45. The molecule has 3 atom stereocenters. The second kappa shape index (κ2) is 7.16. The van der Waals surface area contributed by atoms with E-state index in [0.717, 1.165) is 30.2 Å². The lowest BCUT2D eigenvalue weighted by atomic mass is 9.66. The van der Waals surface area contributed by atoms with Crippen LogP contribution in [0, 0.1) is 5.92 Å². The molecule has 1 unspecified atom stereocenters. The fraction of sp³-hybridized carbons (Fsp3) is 0.591. The van der Waals surface area contributed by atoms with E-state index in [1.807, 2.05) is 6.07 Å². The van der Waals surface area contributed by atoms with Crippen molar-refractivity contribution in [2.75, 3.05) is 5.33 Å². The number of hydrogen-bond acceptors (Lipinski definition) is 3. The number of hydrogen-bond donors (Lipinski definition) is 2. The lowest BCUT2D eigenvalue weighted by Gasteiger charge is -2.47. The number of allylic oxidation sites excluding steroid dienone is 2. The summed E-state index contributed by atoms with van der Waals surface area (Å²) >= 11 is 3.38. The van der Waals surface area contributed by atoms with Crippen LogP contribution in [0.25, 0.3) is 0 Å². The molecule has 0 spiro atoms. The van der Waals surface area contributed by atoms with Crippen LogP contribution in [0.2, 0.25) is 0 Å². The van der Waals surface area contributed by atoms with Crippen LogP contribution in [0.5, 0.6) is 11.5 Å². The van der Waals surface area contributed by atoms with Crippen LogP contribution in [0.15, 0.2) is 23.8 Å². The third kappa shape index (κ3) is 3.51. The van der Waals surface area contributed by atoms with E-state index >= 15 is 0 Å².